The third-order valence-corrected chi connectivity index (χ3v) is 3.85. The molecule has 0 heterocycles. The van der Waals surface area contributed by atoms with Gasteiger partial charge in [-0.25, -0.2) is 0 Å². The van der Waals surface area contributed by atoms with Crippen molar-refractivity contribution in [2.45, 2.75) is 48.3 Å². The Hall–Kier alpha value is -2.06. The summed E-state index contributed by atoms with van der Waals surface area (Å²) in [5.74, 6) is -39.9. The van der Waals surface area contributed by atoms with Crippen LogP contribution in [0.25, 0.3) is 0 Å². The number of halogens is 13. The summed E-state index contributed by atoms with van der Waals surface area (Å²) in [5.41, 5.74) is -0.517. The summed E-state index contributed by atoms with van der Waals surface area (Å²) in [6, 6.07) is 5.34. The summed E-state index contributed by atoms with van der Waals surface area (Å²) in [6.07, 6.45) is -13.8. The van der Waals surface area contributed by atoms with E-state index in [0.717, 1.165) is 24.3 Å². The van der Waals surface area contributed by atoms with Gasteiger partial charge in [0.1, 0.15) is 6.10 Å². The van der Waals surface area contributed by atoms with E-state index in [1.165, 1.54) is 6.07 Å². The first-order valence-electron chi connectivity index (χ1n) is 7.38. The lowest BCUT2D eigenvalue weighted by Crippen LogP contribution is -2.71. The number of hydrogen-bond donors (Lipinski definition) is 1. The fourth-order valence-electron chi connectivity index (χ4n) is 2.04. The van der Waals surface area contributed by atoms with E-state index in [1.54, 1.807) is 0 Å². The van der Waals surface area contributed by atoms with Crippen LogP contribution < -0.4 is 0 Å². The molecule has 1 aromatic rings. The third kappa shape index (κ3) is 3.83. The minimum atomic E-state index is -8.06. The Morgan fingerprint density at radius 2 is 1.10 bits per heavy atom. The highest BCUT2D eigenvalue weighted by atomic mass is 19.4. The highest BCUT2D eigenvalue weighted by Gasteiger charge is 2.91. The van der Waals surface area contributed by atoms with Gasteiger partial charge in [0.05, 0.1) is 0 Å². The van der Waals surface area contributed by atoms with E-state index in [2.05, 4.69) is 0 Å². The molecular formula is C15H9F13O2. The molecule has 0 aliphatic rings. The summed E-state index contributed by atoms with van der Waals surface area (Å²) in [5, 5.41) is 9.10. The molecule has 0 saturated heterocycles. The van der Waals surface area contributed by atoms with Gasteiger partial charge < -0.3 is 5.11 Å². The lowest BCUT2D eigenvalue weighted by Gasteiger charge is -2.40. The number of ketones is 1. The standard InChI is InChI=1S/C15H9F13O2/c16-10(17,9(30)6-8(29)7-4-2-1-3-5-7)11(18,19)12(20,21)13(22,23)14(24,25)15(26,27)28/h1-5,9,30H,6H2. The average Bonchev–Trinajstić information content (AvgIpc) is 2.60. The number of alkyl halides is 13. The van der Waals surface area contributed by atoms with E-state index in [0.29, 0.717) is 0 Å². The van der Waals surface area contributed by atoms with Gasteiger partial charge >= 0.3 is 35.8 Å². The number of Topliss-reactive ketones (excluding diaryl/α,β-unsaturated/α-hetero) is 1. The molecule has 15 heteroatoms. The van der Waals surface area contributed by atoms with Crippen LogP contribution in [0.4, 0.5) is 57.1 Å². The molecule has 2 nitrogen and oxygen atoms in total. The first-order chi connectivity index (χ1) is 13.2. The van der Waals surface area contributed by atoms with Crippen LogP contribution in [0.2, 0.25) is 0 Å². The van der Waals surface area contributed by atoms with Crippen molar-refractivity contribution < 1.29 is 67.0 Å². The van der Waals surface area contributed by atoms with Gasteiger partial charge in [-0.15, -0.1) is 0 Å². The Kier molecular flexibility index (Phi) is 6.55. The summed E-state index contributed by atoms with van der Waals surface area (Å²) >= 11 is 0. The van der Waals surface area contributed by atoms with Gasteiger partial charge in [0.2, 0.25) is 0 Å². The summed E-state index contributed by atoms with van der Waals surface area (Å²) < 4.78 is 169. The van der Waals surface area contributed by atoms with Crippen molar-refractivity contribution in [2.75, 3.05) is 0 Å². The van der Waals surface area contributed by atoms with Crippen LogP contribution in [0.15, 0.2) is 30.3 Å². The molecule has 0 fully saturated rings. The van der Waals surface area contributed by atoms with Crippen molar-refractivity contribution in [1.82, 2.24) is 0 Å². The van der Waals surface area contributed by atoms with Gasteiger partial charge in [-0.3, -0.25) is 4.79 Å². The number of aliphatic hydroxyl groups excluding tert-OH is 1. The molecule has 0 aliphatic carbocycles. The largest absolute Gasteiger partial charge is 0.460 e. The zero-order valence-corrected chi connectivity index (χ0v) is 13.9. The third-order valence-electron chi connectivity index (χ3n) is 3.85. The first kappa shape index (κ1) is 26.0. The van der Waals surface area contributed by atoms with Crippen LogP contribution in [-0.2, 0) is 0 Å². The normalized spacial score (nSPS) is 15.8. The second-order valence-corrected chi connectivity index (χ2v) is 5.93. The highest BCUT2D eigenvalue weighted by Crippen LogP contribution is 2.60. The molecular weight excluding hydrogens is 459 g/mol. The summed E-state index contributed by atoms with van der Waals surface area (Å²) in [4.78, 5) is 11.6. The molecule has 1 atom stereocenters. The van der Waals surface area contributed by atoms with Crippen LogP contribution in [0.3, 0.4) is 0 Å². The zero-order valence-electron chi connectivity index (χ0n) is 13.9. The van der Waals surface area contributed by atoms with E-state index in [9.17, 15) is 61.9 Å². The monoisotopic (exact) mass is 468 g/mol. The smallest absolute Gasteiger partial charge is 0.386 e. The number of hydrogen-bond acceptors (Lipinski definition) is 2. The molecule has 0 radical (unpaired) electrons. The Morgan fingerprint density at radius 3 is 1.50 bits per heavy atom. The number of aliphatic hydroxyl groups is 1. The summed E-state index contributed by atoms with van der Waals surface area (Å²) in [7, 11) is 0. The molecule has 0 bridgehead atoms. The molecule has 0 aromatic heterocycles. The topological polar surface area (TPSA) is 37.3 Å². The lowest BCUT2D eigenvalue weighted by molar-refractivity contribution is -0.444. The van der Waals surface area contributed by atoms with E-state index >= 15 is 0 Å². The second kappa shape index (κ2) is 7.57. The van der Waals surface area contributed by atoms with Crippen LogP contribution in [0.5, 0.6) is 0 Å². The maximum absolute atomic E-state index is 13.7. The number of rotatable bonds is 8. The molecule has 1 rings (SSSR count). The Bertz CT molecular complexity index is 756. The first-order valence-corrected chi connectivity index (χ1v) is 7.38. The number of benzene rings is 1. The van der Waals surface area contributed by atoms with Crippen LogP contribution in [-0.4, -0.2) is 52.8 Å². The molecule has 1 N–H and O–H groups in total. The molecule has 0 spiro atoms. The van der Waals surface area contributed by atoms with Gasteiger partial charge in [0.25, 0.3) is 0 Å². The number of carbonyl (C=O) groups is 1. The van der Waals surface area contributed by atoms with E-state index in [1.807, 2.05) is 0 Å². The minimum absolute atomic E-state index is 0.517. The van der Waals surface area contributed by atoms with Gasteiger partial charge in [-0.05, 0) is 0 Å². The fraction of sp³-hybridized carbons (Fsp3) is 0.533. The molecule has 172 valence electrons. The predicted molar refractivity (Wildman–Crippen MR) is 72.2 cm³/mol. The quantitative estimate of drug-likeness (QED) is 0.412. The van der Waals surface area contributed by atoms with Crippen molar-refractivity contribution in [3.8, 4) is 0 Å². The Morgan fingerprint density at radius 1 is 0.700 bits per heavy atom. The van der Waals surface area contributed by atoms with E-state index < -0.39 is 59.7 Å². The Labute approximate surface area is 158 Å². The highest BCUT2D eigenvalue weighted by molar-refractivity contribution is 5.96. The van der Waals surface area contributed by atoms with Crippen LogP contribution >= 0.6 is 0 Å². The van der Waals surface area contributed by atoms with E-state index in [4.69, 9.17) is 5.11 Å². The molecule has 30 heavy (non-hydrogen) atoms. The Balaban J connectivity index is 3.32. The minimum Gasteiger partial charge on any atom is -0.386 e. The average molecular weight is 468 g/mol. The van der Waals surface area contributed by atoms with Crippen molar-refractivity contribution in [1.29, 1.82) is 0 Å². The van der Waals surface area contributed by atoms with Gasteiger partial charge in [0, 0.05) is 12.0 Å². The van der Waals surface area contributed by atoms with Crippen molar-refractivity contribution >= 4 is 5.78 Å². The number of carbonyl (C=O) groups excluding carboxylic acids is 1. The van der Waals surface area contributed by atoms with Crippen molar-refractivity contribution in [3.05, 3.63) is 35.9 Å². The fourth-order valence-corrected chi connectivity index (χ4v) is 2.04. The van der Waals surface area contributed by atoms with Crippen LogP contribution in [0.1, 0.15) is 16.8 Å². The summed E-state index contributed by atoms with van der Waals surface area (Å²) in [6.45, 7) is 0. The second-order valence-electron chi connectivity index (χ2n) is 5.93. The maximum atomic E-state index is 13.7. The van der Waals surface area contributed by atoms with Crippen molar-refractivity contribution in [3.63, 3.8) is 0 Å². The SMILES string of the molecule is O=C(CC(O)C(F)(F)C(F)(F)C(F)(F)C(F)(F)C(F)(F)C(F)(F)F)c1ccccc1. The van der Waals surface area contributed by atoms with Crippen LogP contribution in [0, 0.1) is 0 Å². The zero-order chi connectivity index (χ0) is 24.0. The van der Waals surface area contributed by atoms with Gasteiger partial charge in [-0.1, -0.05) is 30.3 Å². The lowest BCUT2D eigenvalue weighted by atomic mass is 9.89. The molecule has 1 unspecified atom stereocenters. The molecule has 0 aliphatic heterocycles. The van der Waals surface area contributed by atoms with Gasteiger partial charge in [-0.2, -0.15) is 57.1 Å². The molecule has 0 amide bonds. The molecule has 1 aromatic carbocycles. The van der Waals surface area contributed by atoms with Crippen molar-refractivity contribution in [2.24, 2.45) is 0 Å². The van der Waals surface area contributed by atoms with Gasteiger partial charge in [0.15, 0.2) is 5.78 Å². The maximum Gasteiger partial charge on any atom is 0.460 e. The molecule has 0 saturated carbocycles. The van der Waals surface area contributed by atoms with E-state index in [-0.39, 0.29) is 0 Å². The predicted octanol–water partition coefficient (Wildman–Crippen LogP) is 5.36.